The number of nitrogens with one attached hydrogen (secondary N) is 1. The molecule has 134 valence electrons. The Hall–Kier alpha value is -2.38. The van der Waals surface area contributed by atoms with Crippen molar-refractivity contribution in [2.24, 2.45) is 0 Å². The number of ether oxygens (including phenoxy) is 2. The fraction of sp³-hybridized carbons (Fsp3) is 0.353. The van der Waals surface area contributed by atoms with Gasteiger partial charge in [0.1, 0.15) is 5.75 Å². The van der Waals surface area contributed by atoms with Crippen molar-refractivity contribution in [1.29, 1.82) is 0 Å². The molecule has 1 heterocycles. The van der Waals surface area contributed by atoms with Crippen LogP contribution in [0.3, 0.4) is 0 Å². The van der Waals surface area contributed by atoms with Crippen molar-refractivity contribution in [3.8, 4) is 16.9 Å². The summed E-state index contributed by atoms with van der Waals surface area (Å²) < 4.78 is 10.1. The molecule has 0 bridgehead atoms. The summed E-state index contributed by atoms with van der Waals surface area (Å²) in [4.78, 5) is 15.3. The maximum absolute atomic E-state index is 11.6. The van der Waals surface area contributed by atoms with Crippen LogP contribution in [0.5, 0.6) is 5.75 Å². The van der Waals surface area contributed by atoms with Gasteiger partial charge < -0.3 is 14.8 Å². The molecule has 0 amide bonds. The summed E-state index contributed by atoms with van der Waals surface area (Å²) in [7, 11) is 3.17. The van der Waals surface area contributed by atoms with Gasteiger partial charge in [0.25, 0.3) is 0 Å². The van der Waals surface area contributed by atoms with Gasteiger partial charge in [-0.1, -0.05) is 11.6 Å². The molecule has 0 saturated heterocycles. The minimum Gasteiger partial charge on any atom is -0.497 e. The highest BCUT2D eigenvalue weighted by molar-refractivity contribution is 6.33. The van der Waals surface area contributed by atoms with Gasteiger partial charge in [-0.25, -0.2) is 4.98 Å². The molecule has 0 unspecified atom stereocenters. The topological polar surface area (TPSA) is 86.5 Å². The number of pyridine rings is 1. The molecule has 2 aromatic rings. The number of hydrogen-bond donors (Lipinski definition) is 1. The summed E-state index contributed by atoms with van der Waals surface area (Å²) in [5.41, 5.74) is 0.868. The molecule has 25 heavy (non-hydrogen) atoms. The lowest BCUT2D eigenvalue weighted by Crippen LogP contribution is -2.08. The summed E-state index contributed by atoms with van der Waals surface area (Å²) in [5, 5.41) is 15.0. The number of hydrogen-bond acceptors (Lipinski definition) is 6. The molecule has 0 fully saturated rings. The lowest BCUT2D eigenvalue weighted by Gasteiger charge is -2.11. The van der Waals surface area contributed by atoms with Gasteiger partial charge in [0.05, 0.1) is 22.6 Å². The third kappa shape index (κ3) is 4.80. The zero-order chi connectivity index (χ0) is 18.2. The van der Waals surface area contributed by atoms with Gasteiger partial charge in [0.15, 0.2) is 0 Å². The molecule has 7 nitrogen and oxygen atoms in total. The van der Waals surface area contributed by atoms with Crippen molar-refractivity contribution in [2.75, 3.05) is 32.7 Å². The Labute approximate surface area is 151 Å². The van der Waals surface area contributed by atoms with E-state index in [1.54, 1.807) is 31.4 Å². The predicted molar refractivity (Wildman–Crippen MR) is 97.5 cm³/mol. The monoisotopic (exact) mass is 365 g/mol. The molecule has 0 aliphatic carbocycles. The molecule has 0 aliphatic rings. The second kappa shape index (κ2) is 9.19. The lowest BCUT2D eigenvalue weighted by atomic mass is 10.0. The number of aromatic nitrogens is 1. The molecule has 1 N–H and O–H groups in total. The van der Waals surface area contributed by atoms with Crippen LogP contribution >= 0.6 is 11.6 Å². The van der Waals surface area contributed by atoms with Crippen molar-refractivity contribution in [2.45, 2.75) is 12.8 Å². The first-order valence-electron chi connectivity index (χ1n) is 7.78. The Kier molecular flexibility index (Phi) is 6.97. The zero-order valence-corrected chi connectivity index (χ0v) is 14.9. The van der Waals surface area contributed by atoms with E-state index in [4.69, 9.17) is 21.1 Å². The number of halogens is 1. The molecule has 1 aromatic carbocycles. The summed E-state index contributed by atoms with van der Waals surface area (Å²) in [6, 6.07) is 6.62. The van der Waals surface area contributed by atoms with Crippen molar-refractivity contribution >= 4 is 23.1 Å². The SMILES string of the molecule is COCCCCNc1nccc(-c2ccc(OC)cc2Cl)c1[N+](=O)[O-]. The number of rotatable bonds is 9. The second-order valence-electron chi connectivity index (χ2n) is 5.29. The van der Waals surface area contributed by atoms with E-state index in [1.165, 1.54) is 13.3 Å². The van der Waals surface area contributed by atoms with E-state index in [1.807, 2.05) is 0 Å². The molecule has 0 saturated carbocycles. The van der Waals surface area contributed by atoms with Gasteiger partial charge in [-0.3, -0.25) is 10.1 Å². The highest BCUT2D eigenvalue weighted by Gasteiger charge is 2.23. The van der Waals surface area contributed by atoms with Crippen molar-refractivity contribution in [3.05, 3.63) is 45.6 Å². The summed E-state index contributed by atoms with van der Waals surface area (Å²) >= 11 is 6.28. The van der Waals surface area contributed by atoms with E-state index < -0.39 is 4.92 Å². The van der Waals surface area contributed by atoms with E-state index in [0.717, 1.165) is 12.8 Å². The largest absolute Gasteiger partial charge is 0.497 e. The molecule has 0 radical (unpaired) electrons. The average Bonchev–Trinajstić information content (AvgIpc) is 2.61. The number of benzene rings is 1. The summed E-state index contributed by atoms with van der Waals surface area (Å²) in [6.45, 7) is 1.22. The third-order valence-corrected chi connectivity index (χ3v) is 3.95. The van der Waals surface area contributed by atoms with Crippen molar-refractivity contribution < 1.29 is 14.4 Å². The fourth-order valence-corrected chi connectivity index (χ4v) is 2.68. The molecule has 8 heteroatoms. The number of nitrogens with zero attached hydrogens (tertiary/aromatic N) is 2. The van der Waals surface area contributed by atoms with Crippen LogP contribution in [0, 0.1) is 10.1 Å². The number of anilines is 1. The van der Waals surface area contributed by atoms with Crippen LogP contribution in [0.15, 0.2) is 30.5 Å². The van der Waals surface area contributed by atoms with E-state index >= 15 is 0 Å². The van der Waals surface area contributed by atoms with Crippen molar-refractivity contribution in [1.82, 2.24) is 4.98 Å². The van der Waals surface area contributed by atoms with E-state index in [-0.39, 0.29) is 11.5 Å². The molecule has 0 aliphatic heterocycles. The maximum atomic E-state index is 11.6. The average molecular weight is 366 g/mol. The minimum atomic E-state index is -0.444. The van der Waals surface area contributed by atoms with Gasteiger partial charge >= 0.3 is 5.69 Å². The van der Waals surface area contributed by atoms with Crippen LogP contribution in [0.2, 0.25) is 5.02 Å². The van der Waals surface area contributed by atoms with Crippen LogP contribution in [-0.2, 0) is 4.74 Å². The van der Waals surface area contributed by atoms with Gasteiger partial charge in [-0.05, 0) is 37.1 Å². The molecular weight excluding hydrogens is 346 g/mol. The Morgan fingerprint density at radius 1 is 1.24 bits per heavy atom. The highest BCUT2D eigenvalue weighted by Crippen LogP contribution is 2.39. The smallest absolute Gasteiger partial charge is 0.319 e. The molecule has 0 spiro atoms. The van der Waals surface area contributed by atoms with Crippen LogP contribution < -0.4 is 10.1 Å². The van der Waals surface area contributed by atoms with Crippen LogP contribution in [-0.4, -0.2) is 37.3 Å². The molecular formula is C17H20ClN3O4. The first-order chi connectivity index (χ1) is 12.1. The lowest BCUT2D eigenvalue weighted by molar-refractivity contribution is -0.383. The van der Waals surface area contributed by atoms with E-state index in [0.29, 0.717) is 35.1 Å². The van der Waals surface area contributed by atoms with Crippen LogP contribution in [0.25, 0.3) is 11.1 Å². The van der Waals surface area contributed by atoms with Crippen LogP contribution in [0.1, 0.15) is 12.8 Å². The maximum Gasteiger partial charge on any atom is 0.319 e. The predicted octanol–water partition coefficient (Wildman–Crippen LogP) is 4.16. The van der Waals surface area contributed by atoms with Crippen LogP contribution in [0.4, 0.5) is 11.5 Å². The molecule has 2 rings (SSSR count). The highest BCUT2D eigenvalue weighted by atomic mass is 35.5. The normalized spacial score (nSPS) is 10.5. The quantitative estimate of drug-likeness (QED) is 0.408. The van der Waals surface area contributed by atoms with Crippen molar-refractivity contribution in [3.63, 3.8) is 0 Å². The Morgan fingerprint density at radius 3 is 2.68 bits per heavy atom. The first-order valence-corrected chi connectivity index (χ1v) is 8.16. The second-order valence-corrected chi connectivity index (χ2v) is 5.69. The van der Waals surface area contributed by atoms with Gasteiger partial charge in [-0.2, -0.15) is 0 Å². The molecule has 1 aromatic heterocycles. The minimum absolute atomic E-state index is 0.0960. The third-order valence-electron chi connectivity index (χ3n) is 3.64. The Morgan fingerprint density at radius 2 is 2.04 bits per heavy atom. The van der Waals surface area contributed by atoms with Gasteiger partial charge in [0.2, 0.25) is 5.82 Å². The number of methoxy groups -OCH3 is 2. The van der Waals surface area contributed by atoms with E-state index in [2.05, 4.69) is 10.3 Å². The molecule has 0 atom stereocenters. The Bertz CT molecular complexity index is 740. The Balaban J connectivity index is 2.32. The number of unbranched alkanes of at least 4 members (excludes halogenated alkanes) is 1. The summed E-state index contributed by atoms with van der Waals surface area (Å²) in [6.07, 6.45) is 3.21. The van der Waals surface area contributed by atoms with Gasteiger partial charge in [0, 0.05) is 32.0 Å². The zero-order valence-electron chi connectivity index (χ0n) is 14.1. The summed E-state index contributed by atoms with van der Waals surface area (Å²) in [5.74, 6) is 0.814. The number of nitro groups is 1. The standard InChI is InChI=1S/C17H20ClN3O4/c1-24-10-4-3-8-19-17-16(21(22)23)14(7-9-20-17)13-6-5-12(25-2)11-15(13)18/h5-7,9,11H,3-4,8,10H2,1-2H3,(H,19,20). The van der Waals surface area contributed by atoms with E-state index in [9.17, 15) is 10.1 Å². The van der Waals surface area contributed by atoms with Gasteiger partial charge in [-0.15, -0.1) is 0 Å². The first kappa shape index (κ1) is 19.0. The fourth-order valence-electron chi connectivity index (χ4n) is 2.40.